The molecule has 0 atom stereocenters. The third kappa shape index (κ3) is 4.60. The quantitative estimate of drug-likeness (QED) is 0.299. The summed E-state index contributed by atoms with van der Waals surface area (Å²) in [4.78, 5) is 17.8. The lowest BCUT2D eigenvalue weighted by molar-refractivity contribution is 0.0945. The Kier molecular flexibility index (Phi) is 5.70. The van der Waals surface area contributed by atoms with Crippen molar-refractivity contribution in [1.29, 1.82) is 0 Å². The molecular weight excluding hydrogens is 455 g/mol. The minimum absolute atomic E-state index is 0.213. The second-order valence-corrected chi connectivity index (χ2v) is 8.77. The van der Waals surface area contributed by atoms with E-state index in [0.717, 1.165) is 35.2 Å². The highest BCUT2D eigenvalue weighted by Gasteiger charge is 2.28. The van der Waals surface area contributed by atoms with Crippen molar-refractivity contribution in [3.8, 4) is 0 Å². The second kappa shape index (κ2) is 8.82. The molecule has 0 radical (unpaired) electrons. The Morgan fingerprint density at radius 3 is 2.74 bits per heavy atom. The van der Waals surface area contributed by atoms with Gasteiger partial charge in [0.1, 0.15) is 5.82 Å². The first-order chi connectivity index (χ1) is 16.4. The molecule has 5 rings (SSSR count). The highest BCUT2D eigenvalue weighted by atomic mass is 32.1. The summed E-state index contributed by atoms with van der Waals surface area (Å²) in [6.07, 6.45) is 5.55. The first kappa shape index (κ1) is 22.0. The summed E-state index contributed by atoms with van der Waals surface area (Å²) in [6, 6.07) is 8.09. The summed E-state index contributed by atoms with van der Waals surface area (Å²) in [6.45, 7) is 2.35. The predicted molar refractivity (Wildman–Crippen MR) is 130 cm³/mol. The minimum atomic E-state index is -0.318. The summed E-state index contributed by atoms with van der Waals surface area (Å²) < 4.78 is 16.5. The standard InChI is InChI=1S/C23H23FN8OS/c1-13-20-18(9-19(15-5-6-15)27-21(20)31(2)30-13)22(33)28-29-23(34)26-17-10-25-32(12-17)11-14-3-7-16(24)8-4-14/h3-4,7-10,12,15H,5-6,11H2,1-2H3,(H,28,33)(H2,26,29,34). The number of halogens is 1. The maximum Gasteiger partial charge on any atom is 0.270 e. The summed E-state index contributed by atoms with van der Waals surface area (Å²) in [7, 11) is 1.83. The molecule has 1 aromatic carbocycles. The molecule has 34 heavy (non-hydrogen) atoms. The molecule has 11 heteroatoms. The second-order valence-electron chi connectivity index (χ2n) is 8.36. The van der Waals surface area contributed by atoms with Crippen LogP contribution < -0.4 is 16.2 Å². The van der Waals surface area contributed by atoms with Crippen LogP contribution in [0, 0.1) is 12.7 Å². The van der Waals surface area contributed by atoms with Crippen LogP contribution >= 0.6 is 12.2 Å². The van der Waals surface area contributed by atoms with Crippen molar-refractivity contribution in [1.82, 2.24) is 35.4 Å². The van der Waals surface area contributed by atoms with Crippen molar-refractivity contribution in [2.45, 2.75) is 32.2 Å². The van der Waals surface area contributed by atoms with E-state index in [2.05, 4.69) is 26.4 Å². The van der Waals surface area contributed by atoms with E-state index in [1.54, 1.807) is 33.9 Å². The molecule has 0 saturated heterocycles. The molecule has 1 amide bonds. The number of hydrogen-bond donors (Lipinski definition) is 3. The maximum atomic E-state index is 13.1. The highest BCUT2D eigenvalue weighted by Crippen LogP contribution is 2.40. The number of pyridine rings is 1. The van der Waals surface area contributed by atoms with Gasteiger partial charge in [-0.2, -0.15) is 10.2 Å². The normalized spacial score (nSPS) is 13.1. The molecule has 1 aliphatic carbocycles. The van der Waals surface area contributed by atoms with Gasteiger partial charge in [0, 0.05) is 24.9 Å². The molecule has 0 bridgehead atoms. The van der Waals surface area contributed by atoms with Gasteiger partial charge in [-0.15, -0.1) is 0 Å². The number of thiocarbonyl (C=S) groups is 1. The van der Waals surface area contributed by atoms with Gasteiger partial charge in [-0.25, -0.2) is 9.37 Å². The molecule has 3 aromatic heterocycles. The third-order valence-electron chi connectivity index (χ3n) is 5.67. The molecule has 174 valence electrons. The molecule has 0 aliphatic heterocycles. The summed E-state index contributed by atoms with van der Waals surface area (Å²) >= 11 is 5.32. The minimum Gasteiger partial charge on any atom is -0.329 e. The molecule has 1 fully saturated rings. The van der Waals surface area contributed by atoms with Gasteiger partial charge in [-0.3, -0.25) is 25.0 Å². The zero-order chi connectivity index (χ0) is 23.8. The van der Waals surface area contributed by atoms with Gasteiger partial charge < -0.3 is 5.32 Å². The fourth-order valence-corrected chi connectivity index (χ4v) is 4.04. The van der Waals surface area contributed by atoms with E-state index in [9.17, 15) is 9.18 Å². The third-order valence-corrected chi connectivity index (χ3v) is 5.87. The van der Waals surface area contributed by atoms with E-state index in [4.69, 9.17) is 17.2 Å². The number of rotatable bonds is 5. The Hall–Kier alpha value is -3.86. The van der Waals surface area contributed by atoms with Gasteiger partial charge in [0.2, 0.25) is 0 Å². The molecule has 9 nitrogen and oxygen atoms in total. The Labute approximate surface area is 200 Å². The first-order valence-corrected chi connectivity index (χ1v) is 11.3. The van der Waals surface area contributed by atoms with E-state index in [-0.39, 0.29) is 16.8 Å². The highest BCUT2D eigenvalue weighted by molar-refractivity contribution is 7.80. The summed E-state index contributed by atoms with van der Waals surface area (Å²) in [5.74, 6) is -0.199. The van der Waals surface area contributed by atoms with Crippen molar-refractivity contribution >= 4 is 40.0 Å². The van der Waals surface area contributed by atoms with Gasteiger partial charge in [-0.1, -0.05) is 12.1 Å². The first-order valence-electron chi connectivity index (χ1n) is 10.9. The number of fused-ring (bicyclic) bond motifs is 1. The number of aryl methyl sites for hydroxylation is 2. The number of hydrazine groups is 1. The lowest BCUT2D eigenvalue weighted by atomic mass is 10.1. The topological polar surface area (TPSA) is 102 Å². The molecule has 1 saturated carbocycles. The van der Waals surface area contributed by atoms with E-state index >= 15 is 0 Å². The number of anilines is 1. The average molecular weight is 479 g/mol. The van der Waals surface area contributed by atoms with E-state index in [0.29, 0.717) is 29.4 Å². The number of carbonyl (C=O) groups is 1. The average Bonchev–Trinajstić information content (AvgIpc) is 3.52. The van der Waals surface area contributed by atoms with Gasteiger partial charge >= 0.3 is 0 Å². The van der Waals surface area contributed by atoms with Crippen LogP contribution in [-0.4, -0.2) is 35.6 Å². The Bertz CT molecular complexity index is 1390. The summed E-state index contributed by atoms with van der Waals surface area (Å²) in [5, 5.41) is 12.6. The van der Waals surface area contributed by atoms with E-state index < -0.39 is 0 Å². The van der Waals surface area contributed by atoms with Crippen molar-refractivity contribution < 1.29 is 9.18 Å². The molecule has 1 aliphatic rings. The Morgan fingerprint density at radius 1 is 1.24 bits per heavy atom. The lowest BCUT2D eigenvalue weighted by Gasteiger charge is -2.12. The molecule has 0 spiro atoms. The predicted octanol–water partition coefficient (Wildman–Crippen LogP) is 3.17. The number of aromatic nitrogens is 5. The molecular formula is C23H23FN8OS. The van der Waals surface area contributed by atoms with Crippen molar-refractivity contribution in [2.24, 2.45) is 7.05 Å². The van der Waals surface area contributed by atoms with Gasteiger partial charge in [-0.05, 0) is 55.7 Å². The molecule has 4 aromatic rings. The molecule has 3 heterocycles. The van der Waals surface area contributed by atoms with Crippen molar-refractivity contribution in [3.05, 3.63) is 71.1 Å². The zero-order valence-electron chi connectivity index (χ0n) is 18.7. The SMILES string of the molecule is Cc1nn(C)c2nc(C3CC3)cc(C(=O)NNC(=S)Nc3cnn(Cc4ccc(F)cc4)c3)c12. The van der Waals surface area contributed by atoms with Crippen LogP contribution in [0.5, 0.6) is 0 Å². The van der Waals surface area contributed by atoms with Crippen molar-refractivity contribution in [2.75, 3.05) is 5.32 Å². The van der Waals surface area contributed by atoms with Crippen LogP contribution in [0.3, 0.4) is 0 Å². The van der Waals surface area contributed by atoms with Crippen LogP contribution in [-0.2, 0) is 13.6 Å². The number of benzene rings is 1. The fraction of sp³-hybridized carbons (Fsp3) is 0.261. The fourth-order valence-electron chi connectivity index (χ4n) is 3.87. The Morgan fingerprint density at radius 2 is 2.00 bits per heavy atom. The summed E-state index contributed by atoms with van der Waals surface area (Å²) in [5.41, 5.74) is 9.85. The number of hydrogen-bond acceptors (Lipinski definition) is 5. The number of carbonyl (C=O) groups excluding carboxylic acids is 1. The lowest BCUT2D eigenvalue weighted by Crippen LogP contribution is -2.43. The zero-order valence-corrected chi connectivity index (χ0v) is 19.5. The van der Waals surface area contributed by atoms with Crippen LogP contribution in [0.1, 0.15) is 46.1 Å². The van der Waals surface area contributed by atoms with Crippen LogP contribution in [0.4, 0.5) is 10.1 Å². The Balaban J connectivity index is 1.23. The van der Waals surface area contributed by atoms with Crippen LogP contribution in [0.2, 0.25) is 0 Å². The van der Waals surface area contributed by atoms with Crippen molar-refractivity contribution in [3.63, 3.8) is 0 Å². The number of nitrogens with one attached hydrogen (secondary N) is 3. The van der Waals surface area contributed by atoms with Gasteiger partial charge in [0.15, 0.2) is 10.8 Å². The number of nitrogens with zero attached hydrogens (tertiary/aromatic N) is 5. The monoisotopic (exact) mass is 478 g/mol. The molecule has 3 N–H and O–H groups in total. The molecule has 0 unspecified atom stereocenters. The van der Waals surface area contributed by atoms with Crippen LogP contribution in [0.25, 0.3) is 11.0 Å². The van der Waals surface area contributed by atoms with E-state index in [1.807, 2.05) is 20.0 Å². The van der Waals surface area contributed by atoms with Crippen LogP contribution in [0.15, 0.2) is 42.7 Å². The van der Waals surface area contributed by atoms with E-state index in [1.165, 1.54) is 12.1 Å². The maximum absolute atomic E-state index is 13.1. The smallest absolute Gasteiger partial charge is 0.270 e. The largest absolute Gasteiger partial charge is 0.329 e. The van der Waals surface area contributed by atoms with Gasteiger partial charge in [0.05, 0.1) is 35.1 Å². The van der Waals surface area contributed by atoms with Gasteiger partial charge in [0.25, 0.3) is 5.91 Å². The number of amides is 1.